The lowest BCUT2D eigenvalue weighted by atomic mass is 10.0. The van der Waals surface area contributed by atoms with E-state index in [1.807, 2.05) is 6.92 Å². The minimum atomic E-state index is -0.433. The fraction of sp³-hybridized carbons (Fsp3) is 0.970. The summed E-state index contributed by atoms with van der Waals surface area (Å²) in [5, 5.41) is 44.6. The van der Waals surface area contributed by atoms with Crippen molar-refractivity contribution < 1.29 is 30.0 Å². The average molecular weight is 1110 g/mol. The topological polar surface area (TPSA) is 122 Å². The van der Waals surface area contributed by atoms with Crippen LogP contribution in [0.3, 0.4) is 0 Å². The van der Waals surface area contributed by atoms with Gasteiger partial charge in [-0.15, -0.1) is 0 Å². The van der Waals surface area contributed by atoms with Crippen molar-refractivity contribution >= 4 is 33.8 Å². The predicted molar refractivity (Wildman–Crippen MR) is 336 cm³/mol. The monoisotopic (exact) mass is 1110 g/mol. The fourth-order valence-corrected chi connectivity index (χ4v) is 13.0. The van der Waals surface area contributed by atoms with E-state index >= 15 is 0 Å². The van der Waals surface area contributed by atoms with Gasteiger partial charge in [0.05, 0.1) is 29.0 Å². The SMILES string of the molecule is CCCCCCCCCCCCC(O)CN(CCCC(=O)SC(C)SC(=O)CCCN(CC(O)CCCCCCCCCCCC)CC(O)CCCCCCCCCCCC)CC(O)CCCCCCCCCCCC. The lowest BCUT2D eigenvalue weighted by molar-refractivity contribution is -0.111. The van der Waals surface area contributed by atoms with Crippen molar-refractivity contribution in [2.45, 2.75) is 372 Å². The summed E-state index contributed by atoms with van der Waals surface area (Å²) in [6.45, 7) is 14.5. The number of rotatable bonds is 62. The first kappa shape index (κ1) is 75.8. The zero-order valence-electron chi connectivity index (χ0n) is 51.4. The van der Waals surface area contributed by atoms with Crippen molar-refractivity contribution in [1.29, 1.82) is 0 Å². The summed E-state index contributed by atoms with van der Waals surface area (Å²) in [5.41, 5.74) is 0. The quantitative estimate of drug-likeness (QED) is 0.0346. The van der Waals surface area contributed by atoms with Gasteiger partial charge in [-0.3, -0.25) is 19.4 Å². The van der Waals surface area contributed by atoms with E-state index in [9.17, 15) is 30.0 Å². The van der Waals surface area contributed by atoms with Gasteiger partial charge in [0, 0.05) is 39.0 Å². The highest BCUT2D eigenvalue weighted by atomic mass is 32.2. The molecular formula is C66H132N2O6S2. The van der Waals surface area contributed by atoms with Crippen LogP contribution in [0.15, 0.2) is 0 Å². The summed E-state index contributed by atoms with van der Waals surface area (Å²) in [4.78, 5) is 30.9. The number of carbonyl (C=O) groups is 2. The van der Waals surface area contributed by atoms with Gasteiger partial charge in [0.25, 0.3) is 0 Å². The lowest BCUT2D eigenvalue weighted by Gasteiger charge is -2.27. The Morgan fingerprint density at radius 2 is 0.487 bits per heavy atom. The number of hydrogen-bond acceptors (Lipinski definition) is 10. The predicted octanol–water partition coefficient (Wildman–Crippen LogP) is 18.7. The number of carbonyl (C=O) groups excluding carboxylic acids is 2. The Bertz CT molecular complexity index is 1050. The highest BCUT2D eigenvalue weighted by Crippen LogP contribution is 2.28. The fourth-order valence-electron chi connectivity index (χ4n) is 10.9. The number of thioether (sulfide) groups is 2. The molecule has 4 N–H and O–H groups in total. The van der Waals surface area contributed by atoms with Crippen LogP contribution in [-0.2, 0) is 9.59 Å². The van der Waals surface area contributed by atoms with Crippen LogP contribution < -0.4 is 0 Å². The number of hydrogen-bond donors (Lipinski definition) is 4. The standard InChI is InChI=1S/C66H132N2O6S2/c1-6-10-14-18-22-26-30-34-38-42-48-61(69)56-67(57-62(70)49-43-39-35-31-27-23-19-15-11-7-2)54-46-52-65(73)75-60(5)76-66(74)53-47-55-68(58-63(71)50-44-40-36-32-28-24-20-16-12-8-3)59-64(72)51-45-41-37-33-29-25-21-17-13-9-4/h60-64,69-72H,6-59H2,1-5H3. The highest BCUT2D eigenvalue weighted by molar-refractivity contribution is 8.29. The van der Waals surface area contributed by atoms with E-state index < -0.39 is 24.4 Å². The van der Waals surface area contributed by atoms with Crippen LogP contribution in [0.1, 0.15) is 343 Å². The van der Waals surface area contributed by atoms with Crippen molar-refractivity contribution in [1.82, 2.24) is 9.80 Å². The minimum absolute atomic E-state index is 0.0866. The Hall–Kier alpha value is -0.200. The number of unbranched alkanes of at least 4 members (excludes halogenated alkanes) is 36. The molecule has 0 aliphatic rings. The number of nitrogens with zero attached hydrogens (tertiary/aromatic N) is 2. The zero-order valence-corrected chi connectivity index (χ0v) is 53.0. The summed E-state index contributed by atoms with van der Waals surface area (Å²) in [7, 11) is 0. The molecule has 0 amide bonds. The molecule has 76 heavy (non-hydrogen) atoms. The molecule has 0 aromatic rings. The average Bonchev–Trinajstić information content (AvgIpc) is 3.38. The van der Waals surface area contributed by atoms with Gasteiger partial charge in [-0.1, -0.05) is 308 Å². The Morgan fingerprint density at radius 3 is 0.684 bits per heavy atom. The van der Waals surface area contributed by atoms with Crippen LogP contribution in [0.5, 0.6) is 0 Å². The van der Waals surface area contributed by atoms with Crippen LogP contribution in [0.25, 0.3) is 0 Å². The van der Waals surface area contributed by atoms with Crippen molar-refractivity contribution in [3.05, 3.63) is 0 Å². The van der Waals surface area contributed by atoms with E-state index in [2.05, 4.69) is 37.5 Å². The van der Waals surface area contributed by atoms with E-state index in [1.165, 1.54) is 229 Å². The van der Waals surface area contributed by atoms with Gasteiger partial charge in [-0.25, -0.2) is 0 Å². The van der Waals surface area contributed by atoms with Crippen molar-refractivity contribution in [3.8, 4) is 0 Å². The molecule has 0 aliphatic carbocycles. The highest BCUT2D eigenvalue weighted by Gasteiger charge is 2.20. The molecule has 4 unspecified atom stereocenters. The molecule has 0 aromatic carbocycles. The van der Waals surface area contributed by atoms with Crippen LogP contribution in [0.4, 0.5) is 0 Å². The first-order valence-corrected chi connectivity index (χ1v) is 35.4. The van der Waals surface area contributed by atoms with E-state index in [-0.39, 0.29) is 14.8 Å². The molecule has 10 heteroatoms. The van der Waals surface area contributed by atoms with E-state index in [0.717, 1.165) is 77.0 Å². The van der Waals surface area contributed by atoms with Crippen LogP contribution in [-0.4, -0.2) is 109 Å². The maximum absolute atomic E-state index is 13.2. The molecule has 0 rings (SSSR count). The first-order chi connectivity index (χ1) is 37.0. The largest absolute Gasteiger partial charge is 0.392 e. The molecule has 454 valence electrons. The number of aliphatic hydroxyl groups is 4. The van der Waals surface area contributed by atoms with Gasteiger partial charge in [0.2, 0.25) is 0 Å². The van der Waals surface area contributed by atoms with Gasteiger partial charge >= 0.3 is 0 Å². The normalized spacial score (nSPS) is 14.0. The lowest BCUT2D eigenvalue weighted by Crippen LogP contribution is -2.39. The minimum Gasteiger partial charge on any atom is -0.392 e. The Labute approximate surface area is 482 Å². The maximum atomic E-state index is 13.2. The van der Waals surface area contributed by atoms with Crippen molar-refractivity contribution in [2.75, 3.05) is 39.3 Å². The molecule has 4 atom stereocenters. The third kappa shape index (κ3) is 55.7. The van der Waals surface area contributed by atoms with Gasteiger partial charge in [0.15, 0.2) is 10.2 Å². The number of aliphatic hydroxyl groups excluding tert-OH is 4. The van der Waals surface area contributed by atoms with E-state index in [4.69, 9.17) is 0 Å². The van der Waals surface area contributed by atoms with Gasteiger partial charge in [-0.05, 0) is 58.5 Å². The van der Waals surface area contributed by atoms with Crippen molar-refractivity contribution in [2.24, 2.45) is 0 Å². The third-order valence-corrected chi connectivity index (χ3v) is 17.9. The third-order valence-electron chi connectivity index (χ3n) is 15.7. The molecule has 0 saturated carbocycles. The second kappa shape index (κ2) is 59.4. The smallest absolute Gasteiger partial charge is 0.190 e. The van der Waals surface area contributed by atoms with Gasteiger partial charge < -0.3 is 20.4 Å². The Balaban J connectivity index is 5.01. The molecule has 0 radical (unpaired) electrons. The summed E-state index contributed by atoms with van der Waals surface area (Å²) in [6, 6.07) is 0. The summed E-state index contributed by atoms with van der Waals surface area (Å²) >= 11 is 2.51. The second-order valence-electron chi connectivity index (χ2n) is 23.8. The summed E-state index contributed by atoms with van der Waals surface area (Å²) in [6.07, 6.45) is 54.4. The van der Waals surface area contributed by atoms with E-state index in [1.54, 1.807) is 0 Å². The molecule has 0 fully saturated rings. The van der Waals surface area contributed by atoms with Gasteiger partial charge in [-0.2, -0.15) is 0 Å². The Kier molecular flexibility index (Phi) is 59.3. The molecule has 0 aromatic heterocycles. The first-order valence-electron chi connectivity index (χ1n) is 33.6. The van der Waals surface area contributed by atoms with Crippen molar-refractivity contribution in [3.63, 3.8) is 0 Å². The zero-order chi connectivity index (χ0) is 55.8. The molecule has 8 nitrogen and oxygen atoms in total. The van der Waals surface area contributed by atoms with Crippen LogP contribution in [0, 0.1) is 0 Å². The summed E-state index contributed by atoms with van der Waals surface area (Å²) in [5.74, 6) is 0. The Morgan fingerprint density at radius 1 is 0.303 bits per heavy atom. The molecule has 0 aliphatic heterocycles. The molecule has 0 spiro atoms. The molecule has 0 bridgehead atoms. The summed E-state index contributed by atoms with van der Waals surface area (Å²) < 4.78 is -0.177. The molecule has 0 saturated heterocycles. The second-order valence-corrected chi connectivity index (χ2v) is 26.9. The van der Waals surface area contributed by atoms with Gasteiger partial charge in [0.1, 0.15) is 0 Å². The molecular weight excluding hydrogens is 981 g/mol. The molecule has 0 heterocycles. The van der Waals surface area contributed by atoms with Crippen LogP contribution in [0.2, 0.25) is 0 Å². The van der Waals surface area contributed by atoms with E-state index in [0.29, 0.717) is 65.0 Å². The maximum Gasteiger partial charge on any atom is 0.190 e. The van der Waals surface area contributed by atoms with Crippen LogP contribution >= 0.6 is 23.5 Å².